The van der Waals surface area contributed by atoms with Crippen molar-refractivity contribution in [2.75, 3.05) is 11.9 Å². The van der Waals surface area contributed by atoms with Crippen LogP contribution in [-0.4, -0.2) is 22.6 Å². The molecule has 4 heteroatoms. The lowest BCUT2D eigenvalue weighted by atomic mass is 10.2. The second-order valence-corrected chi connectivity index (χ2v) is 3.95. The largest absolute Gasteiger partial charge is 0.354 e. The van der Waals surface area contributed by atoms with Crippen LogP contribution in [0.3, 0.4) is 0 Å². The molecule has 16 heavy (non-hydrogen) atoms. The fraction of sp³-hybridized carbons (Fsp3) is 0.333. The highest BCUT2D eigenvalue weighted by atomic mass is 15.1. The highest BCUT2D eigenvalue weighted by molar-refractivity contribution is 5.78. The third kappa shape index (κ3) is 2.67. The summed E-state index contributed by atoms with van der Waals surface area (Å²) < 4.78 is 0. The van der Waals surface area contributed by atoms with E-state index in [0.29, 0.717) is 5.95 Å². The minimum Gasteiger partial charge on any atom is -0.354 e. The lowest BCUT2D eigenvalue weighted by Gasteiger charge is -2.07. The van der Waals surface area contributed by atoms with Crippen molar-refractivity contribution in [3.05, 3.63) is 30.5 Å². The van der Waals surface area contributed by atoms with Crippen LogP contribution in [0.15, 0.2) is 30.5 Å². The van der Waals surface area contributed by atoms with Crippen molar-refractivity contribution in [3.8, 4) is 0 Å². The van der Waals surface area contributed by atoms with Gasteiger partial charge in [0.1, 0.15) is 0 Å². The molecule has 1 atom stereocenters. The lowest BCUT2D eigenvalue weighted by Crippen LogP contribution is -2.19. The second kappa shape index (κ2) is 4.90. The Morgan fingerprint density at radius 1 is 1.38 bits per heavy atom. The van der Waals surface area contributed by atoms with Gasteiger partial charge in [0.2, 0.25) is 5.95 Å². The molecule has 4 nitrogen and oxygen atoms in total. The highest BCUT2D eigenvalue weighted by Gasteiger charge is 1.99. The van der Waals surface area contributed by atoms with Gasteiger partial charge in [0, 0.05) is 24.2 Å². The SMILES string of the molecule is CC(N)CCNc1ncc2ccccc2n1. The van der Waals surface area contributed by atoms with Crippen LogP contribution < -0.4 is 11.1 Å². The van der Waals surface area contributed by atoms with Crippen LogP contribution in [0.5, 0.6) is 0 Å². The first-order valence-electron chi connectivity index (χ1n) is 5.47. The number of aromatic nitrogens is 2. The molecule has 0 saturated heterocycles. The molecule has 0 saturated carbocycles. The van der Waals surface area contributed by atoms with E-state index < -0.39 is 0 Å². The average molecular weight is 216 g/mol. The maximum Gasteiger partial charge on any atom is 0.223 e. The zero-order valence-corrected chi connectivity index (χ0v) is 9.35. The smallest absolute Gasteiger partial charge is 0.223 e. The number of hydrogen-bond donors (Lipinski definition) is 2. The Morgan fingerprint density at radius 3 is 3.00 bits per heavy atom. The maximum absolute atomic E-state index is 5.67. The number of anilines is 1. The number of nitrogens with two attached hydrogens (primary N) is 1. The van der Waals surface area contributed by atoms with E-state index in [1.807, 2.05) is 37.4 Å². The number of para-hydroxylation sites is 1. The summed E-state index contributed by atoms with van der Waals surface area (Å²) >= 11 is 0. The van der Waals surface area contributed by atoms with Crippen LogP contribution in [0.4, 0.5) is 5.95 Å². The Hall–Kier alpha value is -1.68. The van der Waals surface area contributed by atoms with Crippen molar-refractivity contribution in [1.82, 2.24) is 9.97 Å². The number of hydrogen-bond acceptors (Lipinski definition) is 4. The molecule has 0 aliphatic heterocycles. The van der Waals surface area contributed by atoms with Crippen molar-refractivity contribution >= 4 is 16.9 Å². The first kappa shape index (κ1) is 10.8. The normalized spacial score (nSPS) is 12.6. The van der Waals surface area contributed by atoms with E-state index in [1.54, 1.807) is 0 Å². The second-order valence-electron chi connectivity index (χ2n) is 3.95. The zero-order chi connectivity index (χ0) is 11.4. The third-order valence-electron chi connectivity index (χ3n) is 2.37. The first-order valence-corrected chi connectivity index (χ1v) is 5.47. The topological polar surface area (TPSA) is 63.8 Å². The fourth-order valence-corrected chi connectivity index (χ4v) is 1.47. The Kier molecular flexibility index (Phi) is 3.31. The minimum absolute atomic E-state index is 0.202. The molecule has 0 radical (unpaired) electrons. The van der Waals surface area contributed by atoms with E-state index in [4.69, 9.17) is 5.73 Å². The number of nitrogens with zero attached hydrogens (tertiary/aromatic N) is 2. The molecule has 2 aromatic rings. The molecule has 2 rings (SSSR count). The summed E-state index contributed by atoms with van der Waals surface area (Å²) in [5.74, 6) is 0.666. The van der Waals surface area contributed by atoms with Gasteiger partial charge in [0.05, 0.1) is 5.52 Å². The van der Waals surface area contributed by atoms with Crippen LogP contribution >= 0.6 is 0 Å². The molecule has 0 bridgehead atoms. The quantitative estimate of drug-likeness (QED) is 0.817. The molecule has 3 N–H and O–H groups in total. The number of benzene rings is 1. The van der Waals surface area contributed by atoms with Gasteiger partial charge in [-0.05, 0) is 19.4 Å². The van der Waals surface area contributed by atoms with Crippen LogP contribution in [0, 0.1) is 0 Å². The molecule has 0 amide bonds. The molecule has 1 unspecified atom stereocenters. The zero-order valence-electron chi connectivity index (χ0n) is 9.35. The van der Waals surface area contributed by atoms with Gasteiger partial charge in [-0.15, -0.1) is 0 Å². The van der Waals surface area contributed by atoms with Crippen molar-refractivity contribution in [2.24, 2.45) is 5.73 Å². The Bertz CT molecular complexity index is 467. The molecular weight excluding hydrogens is 200 g/mol. The van der Waals surface area contributed by atoms with Crippen molar-refractivity contribution < 1.29 is 0 Å². The standard InChI is InChI=1S/C12H16N4/c1-9(13)6-7-14-12-15-8-10-4-2-3-5-11(10)16-12/h2-5,8-9H,6-7,13H2,1H3,(H,14,15,16). The maximum atomic E-state index is 5.67. The van der Waals surface area contributed by atoms with Gasteiger partial charge in [-0.3, -0.25) is 0 Å². The summed E-state index contributed by atoms with van der Waals surface area (Å²) in [5.41, 5.74) is 6.63. The summed E-state index contributed by atoms with van der Waals surface area (Å²) in [5, 5.41) is 4.22. The van der Waals surface area contributed by atoms with Gasteiger partial charge in [-0.1, -0.05) is 18.2 Å². The van der Waals surface area contributed by atoms with Gasteiger partial charge in [-0.25, -0.2) is 9.97 Å². The van der Waals surface area contributed by atoms with Crippen LogP contribution in [-0.2, 0) is 0 Å². The summed E-state index contributed by atoms with van der Waals surface area (Å²) in [6, 6.07) is 8.14. The summed E-state index contributed by atoms with van der Waals surface area (Å²) in [6.07, 6.45) is 2.74. The van der Waals surface area contributed by atoms with Crippen molar-refractivity contribution in [2.45, 2.75) is 19.4 Å². The Morgan fingerprint density at radius 2 is 2.19 bits per heavy atom. The van der Waals surface area contributed by atoms with E-state index in [1.165, 1.54) is 0 Å². The molecule has 1 aromatic carbocycles. The van der Waals surface area contributed by atoms with E-state index in [-0.39, 0.29) is 6.04 Å². The molecule has 0 aliphatic rings. The van der Waals surface area contributed by atoms with E-state index in [9.17, 15) is 0 Å². The molecule has 1 aromatic heterocycles. The summed E-state index contributed by atoms with van der Waals surface area (Å²) in [6.45, 7) is 2.79. The van der Waals surface area contributed by atoms with E-state index in [0.717, 1.165) is 23.9 Å². The fourth-order valence-electron chi connectivity index (χ4n) is 1.47. The van der Waals surface area contributed by atoms with Gasteiger partial charge >= 0.3 is 0 Å². The average Bonchev–Trinajstić information content (AvgIpc) is 2.28. The highest BCUT2D eigenvalue weighted by Crippen LogP contribution is 2.11. The van der Waals surface area contributed by atoms with Gasteiger partial charge in [-0.2, -0.15) is 0 Å². The predicted octanol–water partition coefficient (Wildman–Crippen LogP) is 1.78. The first-order chi connectivity index (χ1) is 7.75. The number of rotatable bonds is 4. The number of nitrogens with one attached hydrogen (secondary N) is 1. The number of fused-ring (bicyclic) bond motifs is 1. The van der Waals surface area contributed by atoms with E-state index in [2.05, 4.69) is 15.3 Å². The molecular formula is C12H16N4. The Balaban J connectivity index is 2.08. The summed E-state index contributed by atoms with van der Waals surface area (Å²) in [4.78, 5) is 8.65. The summed E-state index contributed by atoms with van der Waals surface area (Å²) in [7, 11) is 0. The van der Waals surface area contributed by atoms with Crippen molar-refractivity contribution in [3.63, 3.8) is 0 Å². The van der Waals surface area contributed by atoms with Crippen LogP contribution in [0.1, 0.15) is 13.3 Å². The van der Waals surface area contributed by atoms with Crippen LogP contribution in [0.25, 0.3) is 10.9 Å². The molecule has 0 fully saturated rings. The molecule has 1 heterocycles. The van der Waals surface area contributed by atoms with Crippen LogP contribution in [0.2, 0.25) is 0 Å². The van der Waals surface area contributed by atoms with Crippen molar-refractivity contribution in [1.29, 1.82) is 0 Å². The monoisotopic (exact) mass is 216 g/mol. The predicted molar refractivity (Wildman–Crippen MR) is 66.3 cm³/mol. The lowest BCUT2D eigenvalue weighted by molar-refractivity contribution is 0.688. The molecule has 0 spiro atoms. The van der Waals surface area contributed by atoms with Gasteiger partial charge < -0.3 is 11.1 Å². The Labute approximate surface area is 94.9 Å². The molecule has 84 valence electrons. The van der Waals surface area contributed by atoms with Gasteiger partial charge in [0.15, 0.2) is 0 Å². The third-order valence-corrected chi connectivity index (χ3v) is 2.37. The minimum atomic E-state index is 0.202. The van der Waals surface area contributed by atoms with E-state index >= 15 is 0 Å². The van der Waals surface area contributed by atoms with Gasteiger partial charge in [0.25, 0.3) is 0 Å². The molecule has 0 aliphatic carbocycles.